The molecule has 0 spiro atoms. The summed E-state index contributed by atoms with van der Waals surface area (Å²) < 4.78 is 0. The average Bonchev–Trinajstić information content (AvgIpc) is 3.68. The standard InChI is InChI=1S/C38H50N8O2/c1-23(2)45(24(3)4)19-17-39-37(47)29-13-15-31-33(21-29)43-35(41-31)27-9-11-28(12-10-27)36-42-32-16-14-30(22-34(32)44-36)38(48)40-18-20-46(25(5)6)26(7)8/h9-16,21-26H,17-20H2,1-8H3,(H,39,47)(H,40,48)(H,41,43)(H,42,44). The van der Waals surface area contributed by atoms with Gasteiger partial charge in [-0.2, -0.15) is 0 Å². The highest BCUT2D eigenvalue weighted by atomic mass is 16.2. The van der Waals surface area contributed by atoms with E-state index in [1.165, 1.54) is 0 Å². The van der Waals surface area contributed by atoms with Crippen LogP contribution in [0.15, 0.2) is 60.7 Å². The highest BCUT2D eigenvalue weighted by molar-refractivity contribution is 5.98. The van der Waals surface area contributed by atoms with E-state index in [4.69, 9.17) is 9.97 Å². The number of carbonyl (C=O) groups excluding carboxylic acids is 2. The van der Waals surface area contributed by atoms with E-state index < -0.39 is 0 Å². The maximum Gasteiger partial charge on any atom is 0.251 e. The summed E-state index contributed by atoms with van der Waals surface area (Å²) in [6.07, 6.45) is 0. The van der Waals surface area contributed by atoms with Crippen molar-refractivity contribution in [2.45, 2.75) is 79.6 Å². The lowest BCUT2D eigenvalue weighted by Crippen LogP contribution is -2.42. The van der Waals surface area contributed by atoms with Gasteiger partial charge in [0.25, 0.3) is 11.8 Å². The van der Waals surface area contributed by atoms with Crippen LogP contribution in [0.3, 0.4) is 0 Å². The zero-order valence-corrected chi connectivity index (χ0v) is 29.5. The third-order valence-corrected chi connectivity index (χ3v) is 8.88. The fraction of sp³-hybridized carbons (Fsp3) is 0.421. The minimum atomic E-state index is -0.0944. The number of fused-ring (bicyclic) bond motifs is 2. The van der Waals surface area contributed by atoms with Crippen LogP contribution in [-0.2, 0) is 0 Å². The van der Waals surface area contributed by atoms with Crippen LogP contribution in [-0.4, -0.2) is 91.9 Å². The molecule has 5 rings (SSSR count). The fourth-order valence-corrected chi connectivity index (χ4v) is 6.39. The molecule has 3 aromatic carbocycles. The highest BCUT2D eigenvalue weighted by Gasteiger charge is 2.16. The first-order valence-electron chi connectivity index (χ1n) is 17.1. The van der Waals surface area contributed by atoms with E-state index in [2.05, 4.69) is 85.8 Å². The van der Waals surface area contributed by atoms with Crippen LogP contribution in [0.25, 0.3) is 44.8 Å². The van der Waals surface area contributed by atoms with Gasteiger partial charge in [0.05, 0.1) is 22.1 Å². The van der Waals surface area contributed by atoms with Crippen LogP contribution in [0.4, 0.5) is 0 Å². The lowest BCUT2D eigenvalue weighted by atomic mass is 10.1. The van der Waals surface area contributed by atoms with Crippen LogP contribution < -0.4 is 10.6 Å². The Bertz CT molecular complexity index is 1700. The van der Waals surface area contributed by atoms with E-state index in [0.29, 0.717) is 48.4 Å². The first kappa shape index (κ1) is 34.8. The molecule has 0 atom stereocenters. The first-order valence-corrected chi connectivity index (χ1v) is 17.1. The van der Waals surface area contributed by atoms with Crippen molar-refractivity contribution in [3.8, 4) is 22.8 Å². The van der Waals surface area contributed by atoms with Gasteiger partial charge in [0.2, 0.25) is 0 Å². The summed E-state index contributed by atoms with van der Waals surface area (Å²) in [7, 11) is 0. The summed E-state index contributed by atoms with van der Waals surface area (Å²) in [6.45, 7) is 20.2. The minimum Gasteiger partial charge on any atom is -0.351 e. The molecule has 5 aromatic rings. The zero-order chi connectivity index (χ0) is 34.5. The molecule has 0 unspecified atom stereocenters. The molecule has 0 saturated heterocycles. The van der Waals surface area contributed by atoms with E-state index in [-0.39, 0.29) is 11.8 Å². The van der Waals surface area contributed by atoms with Crippen molar-refractivity contribution < 1.29 is 9.59 Å². The molecule has 0 fully saturated rings. The quantitative estimate of drug-likeness (QED) is 0.109. The highest BCUT2D eigenvalue weighted by Crippen LogP contribution is 2.26. The molecule has 2 amide bonds. The Morgan fingerprint density at radius 2 is 0.938 bits per heavy atom. The van der Waals surface area contributed by atoms with Crippen molar-refractivity contribution in [3.63, 3.8) is 0 Å². The fourth-order valence-electron chi connectivity index (χ4n) is 6.39. The van der Waals surface area contributed by atoms with Crippen molar-refractivity contribution in [2.24, 2.45) is 0 Å². The Hall–Kier alpha value is -4.54. The lowest BCUT2D eigenvalue weighted by molar-refractivity contribution is 0.0932. The number of aromatic amines is 2. The molecule has 0 aliphatic carbocycles. The van der Waals surface area contributed by atoms with Gasteiger partial charge in [0.1, 0.15) is 11.6 Å². The minimum absolute atomic E-state index is 0.0944. The summed E-state index contributed by atoms with van der Waals surface area (Å²) in [6, 6.07) is 20.8. The average molecular weight is 651 g/mol. The lowest BCUT2D eigenvalue weighted by Gasteiger charge is -2.30. The number of nitrogens with zero attached hydrogens (tertiary/aromatic N) is 4. The Labute approximate surface area is 283 Å². The summed E-state index contributed by atoms with van der Waals surface area (Å²) in [5.74, 6) is 1.26. The third kappa shape index (κ3) is 8.11. The van der Waals surface area contributed by atoms with Crippen LogP contribution >= 0.6 is 0 Å². The number of H-pyrrole nitrogens is 2. The molecule has 48 heavy (non-hydrogen) atoms. The Morgan fingerprint density at radius 3 is 1.27 bits per heavy atom. The van der Waals surface area contributed by atoms with Gasteiger partial charge in [0.15, 0.2) is 0 Å². The smallest absolute Gasteiger partial charge is 0.251 e. The van der Waals surface area contributed by atoms with Gasteiger partial charge in [-0.15, -0.1) is 0 Å². The summed E-state index contributed by atoms with van der Waals surface area (Å²) in [4.78, 5) is 46.8. The number of carbonyl (C=O) groups is 2. The number of hydrogen-bond donors (Lipinski definition) is 4. The number of hydrogen-bond acceptors (Lipinski definition) is 6. The summed E-state index contributed by atoms with van der Waals surface area (Å²) in [5, 5.41) is 6.11. The van der Waals surface area contributed by atoms with Gasteiger partial charge in [-0.05, 0) is 91.8 Å². The van der Waals surface area contributed by atoms with Crippen molar-refractivity contribution in [2.75, 3.05) is 26.2 Å². The number of nitrogens with one attached hydrogen (secondary N) is 4. The number of amides is 2. The SMILES string of the molecule is CC(C)N(CCNC(=O)c1ccc2nc(-c3ccc(-c4nc5ccc(C(=O)NCCN(C(C)C)C(C)C)cc5[nH]4)cc3)[nH]c2c1)C(C)C. The Kier molecular flexibility index (Phi) is 11.0. The van der Waals surface area contributed by atoms with Crippen LogP contribution in [0.1, 0.15) is 76.1 Å². The number of benzene rings is 3. The Morgan fingerprint density at radius 1 is 0.583 bits per heavy atom. The van der Waals surface area contributed by atoms with Crippen LogP contribution in [0, 0.1) is 0 Å². The van der Waals surface area contributed by atoms with Gasteiger partial charge >= 0.3 is 0 Å². The second-order valence-electron chi connectivity index (χ2n) is 13.6. The van der Waals surface area contributed by atoms with E-state index in [0.717, 1.165) is 57.9 Å². The molecule has 0 aliphatic rings. The number of aromatic nitrogens is 4. The van der Waals surface area contributed by atoms with Crippen molar-refractivity contribution in [1.82, 2.24) is 40.4 Å². The molecule has 10 nitrogen and oxygen atoms in total. The van der Waals surface area contributed by atoms with Crippen molar-refractivity contribution >= 4 is 33.9 Å². The molecule has 4 N–H and O–H groups in total. The maximum absolute atomic E-state index is 12.9. The third-order valence-electron chi connectivity index (χ3n) is 8.88. The zero-order valence-electron chi connectivity index (χ0n) is 29.5. The Balaban J connectivity index is 1.23. The van der Waals surface area contributed by atoms with E-state index in [1.54, 1.807) is 0 Å². The summed E-state index contributed by atoms with van der Waals surface area (Å²) >= 11 is 0. The molecule has 254 valence electrons. The predicted octanol–water partition coefficient (Wildman–Crippen LogP) is 6.47. The van der Waals surface area contributed by atoms with Crippen LogP contribution in [0.2, 0.25) is 0 Å². The van der Waals surface area contributed by atoms with Crippen molar-refractivity contribution in [1.29, 1.82) is 0 Å². The molecule has 0 bridgehead atoms. The van der Waals surface area contributed by atoms with Gasteiger partial charge in [-0.3, -0.25) is 19.4 Å². The van der Waals surface area contributed by atoms with Crippen molar-refractivity contribution in [3.05, 3.63) is 71.8 Å². The van der Waals surface area contributed by atoms with E-state index in [9.17, 15) is 9.59 Å². The van der Waals surface area contributed by atoms with Gasteiger partial charge in [-0.25, -0.2) is 9.97 Å². The topological polar surface area (TPSA) is 122 Å². The first-order chi connectivity index (χ1) is 22.9. The number of rotatable bonds is 14. The predicted molar refractivity (Wildman–Crippen MR) is 195 cm³/mol. The second-order valence-corrected chi connectivity index (χ2v) is 13.6. The van der Waals surface area contributed by atoms with E-state index >= 15 is 0 Å². The molecular weight excluding hydrogens is 600 g/mol. The van der Waals surface area contributed by atoms with Gasteiger partial charge in [-0.1, -0.05) is 24.3 Å². The van der Waals surface area contributed by atoms with Gasteiger partial charge in [0, 0.05) is 72.6 Å². The van der Waals surface area contributed by atoms with E-state index in [1.807, 2.05) is 60.7 Å². The largest absolute Gasteiger partial charge is 0.351 e. The van der Waals surface area contributed by atoms with Crippen LogP contribution in [0.5, 0.6) is 0 Å². The monoisotopic (exact) mass is 650 g/mol. The molecule has 0 saturated carbocycles. The maximum atomic E-state index is 12.9. The normalized spacial score (nSPS) is 12.1. The molecule has 0 aliphatic heterocycles. The van der Waals surface area contributed by atoms with Gasteiger partial charge < -0.3 is 20.6 Å². The molecule has 0 radical (unpaired) electrons. The second kappa shape index (κ2) is 15.1. The number of imidazole rings is 2. The molecule has 10 heteroatoms. The molecule has 2 aromatic heterocycles. The summed E-state index contributed by atoms with van der Waals surface area (Å²) in [5.41, 5.74) is 6.26. The molecular formula is C38H50N8O2. The molecule has 2 heterocycles.